The highest BCUT2D eigenvalue weighted by Crippen LogP contribution is 2.35. The molecule has 7 nitrogen and oxygen atoms in total. The Hall–Kier alpha value is -1.67. The van der Waals surface area contributed by atoms with Crippen LogP contribution in [0.2, 0.25) is 0 Å². The van der Waals surface area contributed by atoms with Gasteiger partial charge in [-0.25, -0.2) is 8.42 Å². The van der Waals surface area contributed by atoms with Crippen LogP contribution in [-0.4, -0.2) is 41.0 Å². The predicted molar refractivity (Wildman–Crippen MR) is 91.5 cm³/mol. The third-order valence-electron chi connectivity index (χ3n) is 4.12. The molecule has 23 heavy (non-hydrogen) atoms. The van der Waals surface area contributed by atoms with Crippen molar-refractivity contribution in [3.05, 3.63) is 29.7 Å². The summed E-state index contributed by atoms with van der Waals surface area (Å²) in [6, 6.07) is 7.99. The largest absolute Gasteiger partial charge is 0.369 e. The standard InChI is InChI=1S/C15H24N5O2S/c1-15(2,3)13(16-17-18-23(6,21)22)14-19(4)11-9-7-8-10-12(11)20(14)5/h7-10,13-14H,1-6H3/q-1/p+1/t13-/m0/s1. The molecule has 0 bridgehead atoms. The number of fused-ring (bicyclic) bond motifs is 1. The highest BCUT2D eigenvalue weighted by atomic mass is 32.2. The van der Waals surface area contributed by atoms with Crippen LogP contribution in [0, 0.1) is 5.41 Å². The minimum absolute atomic E-state index is 0.0194. The molecule has 3 atom stereocenters. The van der Waals surface area contributed by atoms with Gasteiger partial charge in [0.25, 0.3) is 0 Å². The Morgan fingerprint density at radius 2 is 1.91 bits per heavy atom. The minimum Gasteiger partial charge on any atom is -0.369 e. The van der Waals surface area contributed by atoms with Crippen molar-refractivity contribution in [1.82, 2.24) is 0 Å². The first-order chi connectivity index (χ1) is 10.5. The Morgan fingerprint density at radius 3 is 2.43 bits per heavy atom. The highest BCUT2D eigenvalue weighted by molar-refractivity contribution is 7.89. The van der Waals surface area contributed by atoms with Crippen LogP contribution in [0.4, 0.5) is 11.4 Å². The second kappa shape index (κ2) is 6.09. The van der Waals surface area contributed by atoms with Crippen LogP contribution in [0.3, 0.4) is 0 Å². The van der Waals surface area contributed by atoms with E-state index in [1.165, 1.54) is 10.6 Å². The zero-order chi connectivity index (χ0) is 17.4. The number of nitrogens with one attached hydrogen (secondary N) is 1. The van der Waals surface area contributed by atoms with Gasteiger partial charge in [0.05, 0.1) is 13.1 Å². The first kappa shape index (κ1) is 17.7. The Morgan fingerprint density at radius 1 is 1.30 bits per heavy atom. The van der Waals surface area contributed by atoms with Gasteiger partial charge in [0, 0.05) is 19.4 Å². The van der Waals surface area contributed by atoms with Crippen molar-refractivity contribution in [3.63, 3.8) is 0 Å². The fraction of sp³-hybridized carbons (Fsp3) is 0.600. The summed E-state index contributed by atoms with van der Waals surface area (Å²) in [5.74, 6) is 0. The van der Waals surface area contributed by atoms with E-state index in [2.05, 4.69) is 60.0 Å². The van der Waals surface area contributed by atoms with Gasteiger partial charge in [-0.1, -0.05) is 32.9 Å². The lowest BCUT2D eigenvalue weighted by atomic mass is 9.84. The quantitative estimate of drug-likeness (QED) is 0.670. The van der Waals surface area contributed by atoms with Gasteiger partial charge in [-0.05, 0) is 11.5 Å². The average molecular weight is 339 g/mol. The smallest absolute Gasteiger partial charge is 0.183 e. The average Bonchev–Trinajstić information content (AvgIpc) is 2.66. The summed E-state index contributed by atoms with van der Waals surface area (Å²) < 4.78 is 25.6. The molecule has 0 radical (unpaired) electrons. The fourth-order valence-electron chi connectivity index (χ4n) is 3.02. The number of hydrogen-bond acceptors (Lipinski definition) is 4. The van der Waals surface area contributed by atoms with E-state index in [0.29, 0.717) is 0 Å². The monoisotopic (exact) mass is 339 g/mol. The van der Waals surface area contributed by atoms with Crippen LogP contribution in [-0.2, 0) is 10.0 Å². The maximum absolute atomic E-state index is 11.2. The molecule has 0 aliphatic carbocycles. The SMILES string of the molecule is CN1c2ccccc2[NH+](C)C1[C@H]([N-]/N=N/S(C)(=O)=O)C(C)(C)C. The zero-order valence-electron chi connectivity index (χ0n) is 14.5. The summed E-state index contributed by atoms with van der Waals surface area (Å²) >= 11 is 0. The van der Waals surface area contributed by atoms with Crippen molar-refractivity contribution in [1.29, 1.82) is 0 Å². The van der Waals surface area contributed by atoms with Crippen LogP contribution in [0.1, 0.15) is 20.8 Å². The highest BCUT2D eigenvalue weighted by Gasteiger charge is 2.44. The molecule has 0 saturated carbocycles. The Labute approximate surface area is 138 Å². The van der Waals surface area contributed by atoms with Crippen LogP contribution in [0.5, 0.6) is 0 Å². The number of para-hydroxylation sites is 2. The first-order valence-electron chi connectivity index (χ1n) is 7.50. The number of anilines is 1. The van der Waals surface area contributed by atoms with E-state index in [1.807, 2.05) is 19.2 Å². The Balaban J connectivity index is 2.33. The van der Waals surface area contributed by atoms with E-state index >= 15 is 0 Å². The fourth-order valence-corrected chi connectivity index (χ4v) is 3.19. The summed E-state index contributed by atoms with van der Waals surface area (Å²) in [7, 11) is 0.597. The third kappa shape index (κ3) is 3.81. The molecule has 0 spiro atoms. The summed E-state index contributed by atoms with van der Waals surface area (Å²) in [6.07, 6.45) is 1.03. The topological polar surface area (TPSA) is 80.6 Å². The molecule has 128 valence electrons. The van der Waals surface area contributed by atoms with E-state index in [0.717, 1.165) is 11.9 Å². The molecule has 1 aromatic carbocycles. The van der Waals surface area contributed by atoms with Crippen molar-refractivity contribution in [2.24, 2.45) is 15.2 Å². The van der Waals surface area contributed by atoms with E-state index in [4.69, 9.17) is 0 Å². The summed E-state index contributed by atoms with van der Waals surface area (Å²) in [5, 5.41) is 3.61. The van der Waals surface area contributed by atoms with Crippen LogP contribution in [0.15, 0.2) is 34.0 Å². The van der Waals surface area contributed by atoms with Gasteiger partial charge in [0.1, 0.15) is 5.69 Å². The molecule has 1 heterocycles. The van der Waals surface area contributed by atoms with Crippen LogP contribution >= 0.6 is 0 Å². The van der Waals surface area contributed by atoms with Crippen LogP contribution in [0.25, 0.3) is 5.43 Å². The molecular weight excluding hydrogens is 314 g/mol. The van der Waals surface area contributed by atoms with Crippen molar-refractivity contribution < 1.29 is 13.3 Å². The molecule has 2 unspecified atom stereocenters. The second-order valence-corrected chi connectivity index (χ2v) is 8.72. The first-order valence-corrected chi connectivity index (χ1v) is 9.35. The molecule has 1 aliphatic heterocycles. The van der Waals surface area contributed by atoms with Crippen molar-refractivity contribution in [3.8, 4) is 0 Å². The van der Waals surface area contributed by atoms with Gasteiger partial charge in [0.2, 0.25) is 0 Å². The van der Waals surface area contributed by atoms with Gasteiger partial charge >= 0.3 is 0 Å². The van der Waals surface area contributed by atoms with E-state index in [1.54, 1.807) is 0 Å². The number of hydrogen-bond donors (Lipinski definition) is 1. The van der Waals surface area contributed by atoms with Gasteiger partial charge in [-0.2, -0.15) is 0 Å². The molecular formula is C15H25N5O2S. The molecule has 8 heteroatoms. The van der Waals surface area contributed by atoms with Gasteiger partial charge < -0.3 is 10.3 Å². The number of likely N-dealkylation sites (N-methyl/N-ethyl adjacent to an activating group) is 2. The normalized spacial score (nSPS) is 23.1. The van der Waals surface area contributed by atoms with E-state index < -0.39 is 10.0 Å². The van der Waals surface area contributed by atoms with E-state index in [9.17, 15) is 8.42 Å². The molecule has 0 fully saturated rings. The zero-order valence-corrected chi connectivity index (χ0v) is 15.3. The lowest BCUT2D eigenvalue weighted by molar-refractivity contribution is -0.833. The van der Waals surface area contributed by atoms with Crippen molar-refractivity contribution in [2.75, 3.05) is 25.3 Å². The number of quaternary nitrogens is 1. The Bertz CT molecular complexity index is 667. The maximum atomic E-state index is 11.2. The van der Waals surface area contributed by atoms with Gasteiger partial charge in [0.15, 0.2) is 21.9 Å². The van der Waals surface area contributed by atoms with Gasteiger partial charge in [-0.15, -0.1) is 0 Å². The predicted octanol–water partition coefficient (Wildman–Crippen LogP) is 1.72. The summed E-state index contributed by atoms with van der Waals surface area (Å²) in [4.78, 5) is 3.39. The molecule has 1 aromatic rings. The summed E-state index contributed by atoms with van der Waals surface area (Å²) in [6.45, 7) is 6.21. The lowest BCUT2D eigenvalue weighted by Crippen LogP contribution is -3.10. The maximum Gasteiger partial charge on any atom is 0.183 e. The minimum atomic E-state index is -3.53. The Kier molecular flexibility index (Phi) is 4.68. The number of nitrogens with zero attached hydrogens (tertiary/aromatic N) is 4. The molecule has 0 saturated heterocycles. The lowest BCUT2D eigenvalue weighted by Gasteiger charge is -2.41. The van der Waals surface area contributed by atoms with Crippen LogP contribution < -0.4 is 9.80 Å². The molecule has 1 N–H and O–H groups in total. The van der Waals surface area contributed by atoms with E-state index in [-0.39, 0.29) is 17.6 Å². The molecule has 0 aromatic heterocycles. The summed E-state index contributed by atoms with van der Waals surface area (Å²) in [5.41, 5.74) is 6.42. The number of benzene rings is 1. The van der Waals surface area contributed by atoms with Crippen molar-refractivity contribution in [2.45, 2.75) is 33.0 Å². The van der Waals surface area contributed by atoms with Crippen molar-refractivity contribution >= 4 is 21.4 Å². The second-order valence-electron chi connectivity index (χ2n) is 7.09. The molecule has 1 aliphatic rings. The number of sulfonamides is 1. The van der Waals surface area contributed by atoms with Gasteiger partial charge in [-0.3, -0.25) is 14.6 Å². The number of rotatable bonds is 4. The molecule has 0 amide bonds. The third-order valence-corrected chi connectivity index (χ3v) is 4.49. The molecule has 2 rings (SSSR count).